The topological polar surface area (TPSA) is 61.1 Å². The fourth-order valence-corrected chi connectivity index (χ4v) is 3.69. The van der Waals surface area contributed by atoms with Gasteiger partial charge in [-0.1, -0.05) is 23.7 Å². The summed E-state index contributed by atoms with van der Waals surface area (Å²) in [6, 6.07) is 10.3. The van der Waals surface area contributed by atoms with Gasteiger partial charge in [-0.05, 0) is 30.3 Å². The summed E-state index contributed by atoms with van der Waals surface area (Å²) in [5.74, 6) is -0.895. The molecule has 2 aromatic carbocycles. The Balaban J connectivity index is 2.14. The maximum Gasteiger partial charge on any atom is 0.142 e. The van der Waals surface area contributed by atoms with Crippen molar-refractivity contribution in [3.8, 4) is 0 Å². The molecule has 1 atom stereocenters. The highest BCUT2D eigenvalue weighted by molar-refractivity contribution is 7.90. The number of aliphatic hydroxyl groups is 1. The first-order valence-corrected chi connectivity index (χ1v) is 7.52. The van der Waals surface area contributed by atoms with E-state index in [1.165, 1.54) is 30.3 Å². The van der Waals surface area contributed by atoms with E-state index in [9.17, 15) is 13.7 Å². The van der Waals surface area contributed by atoms with Crippen molar-refractivity contribution in [1.29, 1.82) is 5.41 Å². The van der Waals surface area contributed by atoms with Crippen LogP contribution in [0.25, 0.3) is 5.76 Å². The molecule has 0 radical (unpaired) electrons. The average molecular weight is 322 g/mol. The molecule has 3 rings (SSSR count). The molecule has 0 saturated carbocycles. The lowest BCUT2D eigenvalue weighted by Crippen LogP contribution is -2.09. The number of nitrogens with one attached hydrogen (secondary N) is 1. The van der Waals surface area contributed by atoms with Crippen LogP contribution in [0.4, 0.5) is 4.39 Å². The van der Waals surface area contributed by atoms with Gasteiger partial charge in [-0.25, -0.2) is 8.60 Å². The zero-order valence-electron chi connectivity index (χ0n) is 10.6. The summed E-state index contributed by atoms with van der Waals surface area (Å²) in [6.07, 6.45) is 0. The fourth-order valence-electron chi connectivity index (χ4n) is 2.17. The highest BCUT2D eigenvalue weighted by atomic mass is 35.5. The lowest BCUT2D eigenvalue weighted by molar-refractivity contribution is 0.511. The Kier molecular flexibility index (Phi) is 3.39. The molecule has 1 aliphatic heterocycles. The summed E-state index contributed by atoms with van der Waals surface area (Å²) in [5, 5.41) is 18.7. The van der Waals surface area contributed by atoms with Gasteiger partial charge in [0.15, 0.2) is 0 Å². The van der Waals surface area contributed by atoms with Crippen LogP contribution in [0.5, 0.6) is 0 Å². The van der Waals surface area contributed by atoms with Gasteiger partial charge in [0, 0.05) is 16.1 Å². The minimum atomic E-state index is -1.73. The molecule has 0 amide bonds. The van der Waals surface area contributed by atoms with Crippen LogP contribution in [0.2, 0.25) is 5.02 Å². The highest BCUT2D eigenvalue weighted by Gasteiger charge is 2.32. The first kappa shape index (κ1) is 14.0. The molecule has 0 aliphatic carbocycles. The largest absolute Gasteiger partial charge is 0.506 e. The van der Waals surface area contributed by atoms with Gasteiger partial charge in [0.05, 0.1) is 21.4 Å². The maximum absolute atomic E-state index is 13.8. The summed E-state index contributed by atoms with van der Waals surface area (Å²) >= 11 is 5.86. The fraction of sp³-hybridized carbons (Fsp3) is 0. The Morgan fingerprint density at radius 2 is 1.95 bits per heavy atom. The zero-order valence-corrected chi connectivity index (χ0v) is 12.1. The Hall–Kier alpha value is -1.98. The number of halogens is 2. The molecule has 0 saturated heterocycles. The van der Waals surface area contributed by atoms with Crippen LogP contribution in [-0.2, 0) is 10.8 Å². The van der Waals surface area contributed by atoms with Crippen molar-refractivity contribution in [2.75, 3.05) is 0 Å². The molecule has 0 bridgehead atoms. The van der Waals surface area contributed by atoms with Crippen LogP contribution in [0, 0.1) is 11.2 Å². The lowest BCUT2D eigenvalue weighted by Gasteiger charge is -2.06. The predicted octanol–water partition coefficient (Wildman–Crippen LogP) is 3.89. The maximum atomic E-state index is 13.8. The second-order valence-electron chi connectivity index (χ2n) is 4.44. The van der Waals surface area contributed by atoms with Crippen molar-refractivity contribution >= 4 is 33.9 Å². The molecule has 0 spiro atoms. The summed E-state index contributed by atoms with van der Waals surface area (Å²) in [4.78, 5) is 0.269. The number of allylic oxidation sites excluding steroid dienone is 1. The summed E-state index contributed by atoms with van der Waals surface area (Å²) in [6.45, 7) is 0. The molecule has 0 fully saturated rings. The number of benzene rings is 2. The van der Waals surface area contributed by atoms with Crippen LogP contribution >= 0.6 is 11.6 Å². The normalized spacial score (nSPS) is 17.0. The first-order chi connectivity index (χ1) is 10.0. The molecule has 1 aliphatic rings. The van der Waals surface area contributed by atoms with Gasteiger partial charge in [0.25, 0.3) is 0 Å². The third kappa shape index (κ3) is 2.18. The number of fused-ring (bicyclic) bond motifs is 1. The van der Waals surface area contributed by atoms with Crippen molar-refractivity contribution in [2.45, 2.75) is 4.90 Å². The van der Waals surface area contributed by atoms with Gasteiger partial charge in [-0.2, -0.15) is 0 Å². The van der Waals surface area contributed by atoms with Gasteiger partial charge < -0.3 is 5.11 Å². The van der Waals surface area contributed by atoms with Gasteiger partial charge in [0.1, 0.15) is 16.5 Å². The minimum Gasteiger partial charge on any atom is -0.506 e. The molecular formula is C15H9ClFNO2S. The van der Waals surface area contributed by atoms with Gasteiger partial charge >= 0.3 is 0 Å². The Bertz CT molecular complexity index is 832. The van der Waals surface area contributed by atoms with E-state index < -0.39 is 16.6 Å². The smallest absolute Gasteiger partial charge is 0.142 e. The highest BCUT2D eigenvalue weighted by Crippen LogP contribution is 2.38. The summed E-state index contributed by atoms with van der Waals surface area (Å²) in [7, 11) is -1.73. The second kappa shape index (κ2) is 5.09. The molecule has 1 heterocycles. The summed E-state index contributed by atoms with van der Waals surface area (Å²) < 4.78 is 26.2. The predicted molar refractivity (Wildman–Crippen MR) is 80.6 cm³/mol. The van der Waals surface area contributed by atoms with Gasteiger partial charge in [-0.3, -0.25) is 5.41 Å². The van der Waals surface area contributed by atoms with Crippen LogP contribution in [-0.4, -0.2) is 15.0 Å². The Morgan fingerprint density at radius 1 is 1.24 bits per heavy atom. The van der Waals surface area contributed by atoms with Crippen LogP contribution in [0.15, 0.2) is 52.3 Å². The van der Waals surface area contributed by atoms with E-state index in [1.807, 2.05) is 0 Å². The van der Waals surface area contributed by atoms with Crippen LogP contribution in [0.1, 0.15) is 11.1 Å². The van der Waals surface area contributed by atoms with E-state index in [1.54, 1.807) is 12.1 Å². The number of rotatable bonds is 2. The van der Waals surface area contributed by atoms with E-state index >= 15 is 0 Å². The van der Waals surface area contributed by atoms with E-state index in [-0.39, 0.29) is 21.9 Å². The zero-order chi connectivity index (χ0) is 15.1. The molecule has 6 heteroatoms. The van der Waals surface area contributed by atoms with Crippen molar-refractivity contribution in [3.63, 3.8) is 0 Å². The number of hydrogen-bond acceptors (Lipinski definition) is 3. The Morgan fingerprint density at radius 3 is 2.67 bits per heavy atom. The van der Waals surface area contributed by atoms with Crippen molar-refractivity contribution in [2.24, 2.45) is 0 Å². The van der Waals surface area contributed by atoms with Crippen LogP contribution < -0.4 is 0 Å². The van der Waals surface area contributed by atoms with E-state index in [0.717, 1.165) is 0 Å². The average Bonchev–Trinajstić information content (AvgIpc) is 2.70. The summed E-state index contributed by atoms with van der Waals surface area (Å²) in [5.41, 5.74) is 0.0134. The van der Waals surface area contributed by atoms with Crippen molar-refractivity contribution in [1.82, 2.24) is 0 Å². The quantitative estimate of drug-likeness (QED) is 0.824. The minimum absolute atomic E-state index is 0.00805. The van der Waals surface area contributed by atoms with Crippen LogP contribution in [0.3, 0.4) is 0 Å². The SMILES string of the molecule is N=C(C1=C(O)c2cc(Cl)ccc2S1=O)c1ccccc1F. The van der Waals surface area contributed by atoms with Gasteiger partial charge in [0.2, 0.25) is 0 Å². The number of hydrogen-bond donors (Lipinski definition) is 2. The molecule has 1 unspecified atom stereocenters. The Labute approximate surface area is 127 Å². The number of aliphatic hydroxyl groups excluding tert-OH is 1. The molecular weight excluding hydrogens is 313 g/mol. The van der Waals surface area contributed by atoms with E-state index in [0.29, 0.717) is 15.5 Å². The standard InChI is InChI=1S/C15H9ClFNO2S/c16-8-5-6-12-10(7-8)14(19)15(21(12)20)13(18)9-3-1-2-4-11(9)17/h1-7,18-19H. The van der Waals surface area contributed by atoms with E-state index in [2.05, 4.69) is 0 Å². The van der Waals surface area contributed by atoms with Gasteiger partial charge in [-0.15, -0.1) is 0 Å². The molecule has 21 heavy (non-hydrogen) atoms. The molecule has 0 aromatic heterocycles. The second-order valence-corrected chi connectivity index (χ2v) is 6.26. The molecule has 2 N–H and O–H groups in total. The first-order valence-electron chi connectivity index (χ1n) is 5.99. The van der Waals surface area contributed by atoms with Crippen molar-refractivity contribution < 1.29 is 13.7 Å². The molecule has 3 nitrogen and oxygen atoms in total. The van der Waals surface area contributed by atoms with E-state index in [4.69, 9.17) is 17.0 Å². The molecule has 106 valence electrons. The monoisotopic (exact) mass is 321 g/mol. The molecule has 2 aromatic rings. The lowest BCUT2D eigenvalue weighted by atomic mass is 10.1. The third-order valence-electron chi connectivity index (χ3n) is 3.17. The van der Waals surface area contributed by atoms with Crippen molar-refractivity contribution in [3.05, 3.63) is 69.3 Å². The third-order valence-corrected chi connectivity index (χ3v) is 4.93.